The highest BCUT2D eigenvalue weighted by Gasteiger charge is 2.53. The Morgan fingerprint density at radius 1 is 1.21 bits per heavy atom. The lowest BCUT2D eigenvalue weighted by atomic mass is 9.54. The Morgan fingerprint density at radius 3 is 2.21 bits per heavy atom. The first-order valence-corrected chi connectivity index (χ1v) is 6.30. The van der Waals surface area contributed by atoms with Crippen LogP contribution in [0.2, 0.25) is 0 Å². The van der Waals surface area contributed by atoms with E-state index in [0.29, 0.717) is 0 Å². The van der Waals surface area contributed by atoms with Crippen molar-refractivity contribution in [2.24, 2.45) is 17.3 Å². The van der Waals surface area contributed by atoms with Gasteiger partial charge in [-0.3, -0.25) is 4.90 Å². The highest BCUT2D eigenvalue weighted by Crippen LogP contribution is 2.55. The summed E-state index contributed by atoms with van der Waals surface area (Å²) in [6, 6.07) is 0.767. The zero-order chi connectivity index (χ0) is 10.3. The van der Waals surface area contributed by atoms with Gasteiger partial charge in [0.15, 0.2) is 0 Å². The van der Waals surface area contributed by atoms with Crippen LogP contribution in [0.25, 0.3) is 0 Å². The summed E-state index contributed by atoms with van der Waals surface area (Å²) in [6.45, 7) is 12.2. The average Bonchev–Trinajstić information content (AvgIpc) is 1.98. The van der Waals surface area contributed by atoms with Crippen LogP contribution >= 0.6 is 0 Å². The van der Waals surface area contributed by atoms with Crippen LogP contribution in [0.5, 0.6) is 0 Å². The van der Waals surface area contributed by atoms with Crippen molar-refractivity contribution < 1.29 is 0 Å². The summed E-state index contributed by atoms with van der Waals surface area (Å²) in [4.78, 5) is 2.62. The fourth-order valence-electron chi connectivity index (χ4n) is 3.23. The van der Waals surface area contributed by atoms with Crippen LogP contribution in [0.15, 0.2) is 0 Å². The molecule has 1 spiro atoms. The minimum absolute atomic E-state index is 0.767. The predicted molar refractivity (Wildman–Crippen MR) is 61.3 cm³/mol. The molecular weight excluding hydrogens is 170 g/mol. The number of hydrogen-bond donors (Lipinski definition) is 0. The highest BCUT2D eigenvalue weighted by atomic mass is 15.2. The molecule has 1 atom stereocenters. The zero-order valence-electron chi connectivity index (χ0n) is 10.2. The van der Waals surface area contributed by atoms with E-state index >= 15 is 0 Å². The number of nitrogens with zero attached hydrogens (tertiary/aromatic N) is 1. The van der Waals surface area contributed by atoms with Crippen molar-refractivity contribution in [3.05, 3.63) is 0 Å². The molecule has 1 aliphatic carbocycles. The van der Waals surface area contributed by atoms with E-state index in [9.17, 15) is 0 Å². The first kappa shape index (κ1) is 10.5. The van der Waals surface area contributed by atoms with Gasteiger partial charge in [0.1, 0.15) is 0 Å². The number of likely N-dealkylation sites (tertiary alicyclic amines) is 1. The first-order valence-electron chi connectivity index (χ1n) is 6.30. The van der Waals surface area contributed by atoms with Crippen molar-refractivity contribution in [1.29, 1.82) is 0 Å². The summed E-state index contributed by atoms with van der Waals surface area (Å²) in [6.07, 6.45) is 4.41. The molecule has 0 aromatic rings. The van der Waals surface area contributed by atoms with Gasteiger partial charge in [0.25, 0.3) is 0 Å². The molecule has 14 heavy (non-hydrogen) atoms. The lowest BCUT2D eigenvalue weighted by molar-refractivity contribution is -0.119. The number of rotatable bonds is 3. The van der Waals surface area contributed by atoms with Gasteiger partial charge in [0, 0.05) is 19.1 Å². The molecule has 2 fully saturated rings. The summed E-state index contributed by atoms with van der Waals surface area (Å²) in [5, 5.41) is 0. The standard InChI is InChI=1S/C13H25N/c1-5-11(4)12-6-13(7-12)8-14(9-13)10(2)3/h10-12H,5-9H2,1-4H3. The van der Waals surface area contributed by atoms with Crippen LogP contribution in [-0.4, -0.2) is 24.0 Å². The van der Waals surface area contributed by atoms with Gasteiger partial charge >= 0.3 is 0 Å². The van der Waals surface area contributed by atoms with Crippen LogP contribution in [0.3, 0.4) is 0 Å². The van der Waals surface area contributed by atoms with E-state index in [1.807, 2.05) is 0 Å². The molecule has 0 amide bonds. The first-order chi connectivity index (χ1) is 6.56. The van der Waals surface area contributed by atoms with E-state index < -0.39 is 0 Å². The van der Waals surface area contributed by atoms with Crippen molar-refractivity contribution in [1.82, 2.24) is 4.90 Å². The summed E-state index contributed by atoms with van der Waals surface area (Å²) in [7, 11) is 0. The quantitative estimate of drug-likeness (QED) is 0.668. The van der Waals surface area contributed by atoms with Crippen molar-refractivity contribution in [2.45, 2.75) is 53.0 Å². The Morgan fingerprint density at radius 2 is 1.79 bits per heavy atom. The van der Waals surface area contributed by atoms with Gasteiger partial charge in [-0.15, -0.1) is 0 Å². The second-order valence-corrected chi connectivity index (χ2v) is 6.05. The lowest BCUT2D eigenvalue weighted by Gasteiger charge is -2.61. The predicted octanol–water partition coefficient (Wildman–Crippen LogP) is 3.15. The molecule has 0 aromatic heterocycles. The second-order valence-electron chi connectivity index (χ2n) is 6.05. The smallest absolute Gasteiger partial charge is 0.00534 e. The zero-order valence-corrected chi connectivity index (χ0v) is 10.2. The third kappa shape index (κ3) is 1.60. The van der Waals surface area contributed by atoms with Crippen molar-refractivity contribution >= 4 is 0 Å². The van der Waals surface area contributed by atoms with E-state index in [2.05, 4.69) is 32.6 Å². The van der Waals surface area contributed by atoms with E-state index in [-0.39, 0.29) is 0 Å². The van der Waals surface area contributed by atoms with E-state index in [4.69, 9.17) is 0 Å². The second kappa shape index (κ2) is 3.52. The van der Waals surface area contributed by atoms with Crippen molar-refractivity contribution in [3.63, 3.8) is 0 Å². The Bertz CT molecular complexity index is 195. The molecule has 0 N–H and O–H groups in total. The monoisotopic (exact) mass is 195 g/mol. The largest absolute Gasteiger partial charge is 0.300 e. The molecule has 1 unspecified atom stereocenters. The molecule has 1 saturated heterocycles. The van der Waals surface area contributed by atoms with Gasteiger partial charge in [-0.25, -0.2) is 0 Å². The third-order valence-corrected chi connectivity index (χ3v) is 4.65. The molecule has 0 aromatic carbocycles. The van der Waals surface area contributed by atoms with Gasteiger partial charge in [-0.2, -0.15) is 0 Å². The Hall–Kier alpha value is -0.0400. The van der Waals surface area contributed by atoms with Crippen LogP contribution in [-0.2, 0) is 0 Å². The minimum atomic E-state index is 0.767. The van der Waals surface area contributed by atoms with E-state index in [1.54, 1.807) is 0 Å². The molecule has 1 nitrogen and oxygen atoms in total. The third-order valence-electron chi connectivity index (χ3n) is 4.65. The highest BCUT2D eigenvalue weighted by molar-refractivity contribution is 5.05. The summed E-state index contributed by atoms with van der Waals surface area (Å²) >= 11 is 0. The Labute approximate surface area is 88.9 Å². The van der Waals surface area contributed by atoms with Crippen molar-refractivity contribution in [3.8, 4) is 0 Å². The topological polar surface area (TPSA) is 3.24 Å². The number of hydrogen-bond acceptors (Lipinski definition) is 1. The molecular formula is C13H25N. The molecule has 2 rings (SSSR count). The maximum atomic E-state index is 2.62. The molecule has 2 aliphatic rings. The maximum Gasteiger partial charge on any atom is 0.00534 e. The SMILES string of the molecule is CCC(C)C1CC2(C1)CN(C(C)C)C2. The molecule has 0 bridgehead atoms. The van der Waals surface area contributed by atoms with Gasteiger partial charge < -0.3 is 0 Å². The normalized spacial score (nSPS) is 28.9. The Kier molecular flexibility index (Phi) is 2.63. The van der Waals surface area contributed by atoms with Gasteiger partial charge in [-0.05, 0) is 43.9 Å². The summed E-state index contributed by atoms with van der Waals surface area (Å²) in [5.41, 5.74) is 0.776. The van der Waals surface area contributed by atoms with Crippen molar-refractivity contribution in [2.75, 3.05) is 13.1 Å². The van der Waals surface area contributed by atoms with Crippen LogP contribution in [0.4, 0.5) is 0 Å². The minimum Gasteiger partial charge on any atom is -0.300 e. The van der Waals surface area contributed by atoms with E-state index in [1.165, 1.54) is 32.4 Å². The van der Waals surface area contributed by atoms with Gasteiger partial charge in [0.05, 0.1) is 0 Å². The fourth-order valence-corrected chi connectivity index (χ4v) is 3.23. The average molecular weight is 195 g/mol. The molecule has 1 saturated carbocycles. The van der Waals surface area contributed by atoms with Crippen LogP contribution in [0.1, 0.15) is 47.0 Å². The molecule has 1 heteroatoms. The molecule has 0 radical (unpaired) electrons. The molecule has 1 heterocycles. The summed E-state index contributed by atoms with van der Waals surface area (Å²) in [5.74, 6) is 2.02. The van der Waals surface area contributed by atoms with Gasteiger partial charge in [-0.1, -0.05) is 20.3 Å². The maximum absolute atomic E-state index is 2.62. The Balaban J connectivity index is 1.74. The summed E-state index contributed by atoms with van der Waals surface area (Å²) < 4.78 is 0. The fraction of sp³-hybridized carbons (Fsp3) is 1.00. The van der Waals surface area contributed by atoms with Crippen LogP contribution < -0.4 is 0 Å². The van der Waals surface area contributed by atoms with Crippen LogP contribution in [0, 0.1) is 17.3 Å². The molecule has 1 aliphatic heterocycles. The molecule has 82 valence electrons. The van der Waals surface area contributed by atoms with E-state index in [0.717, 1.165) is 23.3 Å². The van der Waals surface area contributed by atoms with Gasteiger partial charge in [0.2, 0.25) is 0 Å². The lowest BCUT2D eigenvalue weighted by Crippen LogP contribution is -2.64.